The maximum absolute atomic E-state index is 17.4. The molecule has 0 aliphatic carbocycles. The molecule has 2 fully saturated rings. The first-order valence-electron chi connectivity index (χ1n) is 16.9. The van der Waals surface area contributed by atoms with Crippen LogP contribution >= 0.6 is 11.3 Å². The molecule has 0 bridgehead atoms. The Hall–Kier alpha value is -5.08. The molecule has 2 aromatic carbocycles. The Morgan fingerprint density at radius 3 is 2.74 bits per heavy atom. The number of benzene rings is 2. The van der Waals surface area contributed by atoms with Crippen molar-refractivity contribution in [3.63, 3.8) is 0 Å². The molecular formula is C36H32F6N8O2S. The number of fused-ring (bicyclic) bond motifs is 2. The van der Waals surface area contributed by atoms with Crippen molar-refractivity contribution in [1.82, 2.24) is 19.9 Å². The standard InChI is InChI=1S/C36H32F6N8O2S/c1-16-10-20(31(44)46-13-16)17(2)50-8-9-51-29-25-28(47-34(48-33(25)50)52-15-35-6-3-7-49(35)14-18(37)11-35)27(39)24(26(29)36(40,41)42)19-4-5-22(38)30-23(19)21(12-43)32(45)53-30/h4-5,10,13,17-18H,3,6-9,11,14-15,45H2,1-2H3,(H2,44,46)/t17-,18-,35?/m1/s1. The van der Waals surface area contributed by atoms with Gasteiger partial charge in [0.1, 0.15) is 64.7 Å². The largest absolute Gasteiger partial charge is 0.490 e. The van der Waals surface area contributed by atoms with Gasteiger partial charge in [0.2, 0.25) is 0 Å². The van der Waals surface area contributed by atoms with E-state index in [1.54, 1.807) is 24.1 Å². The molecule has 8 rings (SSSR count). The van der Waals surface area contributed by atoms with Gasteiger partial charge in [-0.25, -0.2) is 18.2 Å². The minimum absolute atomic E-state index is 0.0231. The van der Waals surface area contributed by atoms with Crippen molar-refractivity contribution in [2.75, 3.05) is 49.2 Å². The smallest absolute Gasteiger partial charge is 0.420 e. The van der Waals surface area contributed by atoms with Crippen molar-refractivity contribution in [2.45, 2.75) is 57.0 Å². The van der Waals surface area contributed by atoms with Crippen LogP contribution in [0.5, 0.6) is 11.8 Å². The molecule has 1 unspecified atom stereocenters. The van der Waals surface area contributed by atoms with Gasteiger partial charge < -0.3 is 25.8 Å². The number of ether oxygens (including phenoxy) is 2. The summed E-state index contributed by atoms with van der Waals surface area (Å²) in [5.41, 5.74) is 9.19. The molecule has 0 radical (unpaired) electrons. The summed E-state index contributed by atoms with van der Waals surface area (Å²) in [6, 6.07) is 4.50. The molecule has 276 valence electrons. The number of rotatable bonds is 6. The Bertz CT molecular complexity index is 2360. The Kier molecular flexibility index (Phi) is 8.26. The molecule has 4 N–H and O–H groups in total. The lowest BCUT2D eigenvalue weighted by molar-refractivity contribution is -0.138. The van der Waals surface area contributed by atoms with Crippen LogP contribution in [0.1, 0.15) is 54.5 Å². The number of nitrogen functional groups attached to an aromatic ring is 2. The number of halogens is 6. The third kappa shape index (κ3) is 5.52. The first kappa shape index (κ1) is 35.0. The highest BCUT2D eigenvalue weighted by Gasteiger charge is 2.50. The predicted octanol–water partition coefficient (Wildman–Crippen LogP) is 7.46. The Balaban J connectivity index is 1.42. The summed E-state index contributed by atoms with van der Waals surface area (Å²) in [6.07, 6.45) is -3.04. The number of pyridine rings is 1. The van der Waals surface area contributed by atoms with Gasteiger partial charge in [0.15, 0.2) is 5.82 Å². The van der Waals surface area contributed by atoms with Gasteiger partial charge in [-0.15, -0.1) is 11.3 Å². The molecule has 3 aromatic heterocycles. The first-order chi connectivity index (χ1) is 25.2. The average Bonchev–Trinajstić information content (AvgIpc) is 3.71. The zero-order chi connectivity index (χ0) is 37.6. The number of anilines is 3. The summed E-state index contributed by atoms with van der Waals surface area (Å²) in [4.78, 5) is 16.9. The van der Waals surface area contributed by atoms with E-state index in [9.17, 15) is 9.65 Å². The highest BCUT2D eigenvalue weighted by molar-refractivity contribution is 7.23. The van der Waals surface area contributed by atoms with Gasteiger partial charge in [-0.05, 0) is 56.5 Å². The summed E-state index contributed by atoms with van der Waals surface area (Å²) in [5, 5.41) is 9.14. The molecule has 53 heavy (non-hydrogen) atoms. The minimum Gasteiger partial charge on any atom is -0.490 e. The van der Waals surface area contributed by atoms with Gasteiger partial charge in [-0.3, -0.25) is 4.90 Å². The summed E-state index contributed by atoms with van der Waals surface area (Å²) >= 11 is 0.667. The SMILES string of the molecule is Cc1cnc(N)c([C@@H](C)N2CCOc3c(C(F)(F)F)c(-c4ccc(F)c5sc(N)c(C#N)c45)c(F)c4nc(OCC56CCCN5C[C@H](F)C6)nc2c34)c1. The molecule has 10 nitrogen and oxygen atoms in total. The number of nitriles is 1. The number of aryl methyl sites for hydroxylation is 1. The van der Waals surface area contributed by atoms with Crippen molar-refractivity contribution in [2.24, 2.45) is 0 Å². The summed E-state index contributed by atoms with van der Waals surface area (Å²) in [6.45, 7) is 4.12. The van der Waals surface area contributed by atoms with Gasteiger partial charge in [-0.1, -0.05) is 6.07 Å². The van der Waals surface area contributed by atoms with Crippen LogP contribution in [-0.2, 0) is 6.18 Å². The van der Waals surface area contributed by atoms with Crippen LogP contribution in [0.25, 0.3) is 32.1 Å². The fraction of sp³-hybridized carbons (Fsp3) is 0.389. The van der Waals surface area contributed by atoms with Crippen molar-refractivity contribution < 1.29 is 35.8 Å². The van der Waals surface area contributed by atoms with E-state index >= 15 is 22.0 Å². The van der Waals surface area contributed by atoms with Crippen LogP contribution in [0.2, 0.25) is 0 Å². The molecule has 6 heterocycles. The van der Waals surface area contributed by atoms with Crippen LogP contribution in [0, 0.1) is 29.9 Å². The van der Waals surface area contributed by atoms with Crippen LogP contribution in [0.4, 0.5) is 43.0 Å². The van der Waals surface area contributed by atoms with E-state index in [0.717, 1.165) is 24.1 Å². The fourth-order valence-corrected chi connectivity index (χ4v) is 9.14. The second-order valence-corrected chi connectivity index (χ2v) is 14.8. The number of thiophene rings is 1. The Labute approximate surface area is 302 Å². The van der Waals surface area contributed by atoms with Crippen molar-refractivity contribution in [1.29, 1.82) is 5.26 Å². The monoisotopic (exact) mass is 754 g/mol. The molecule has 3 aliphatic heterocycles. The van der Waals surface area contributed by atoms with Gasteiger partial charge in [0.05, 0.1) is 33.8 Å². The third-order valence-corrected chi connectivity index (χ3v) is 11.6. The van der Waals surface area contributed by atoms with Gasteiger partial charge in [-0.2, -0.15) is 28.4 Å². The molecule has 0 amide bonds. The van der Waals surface area contributed by atoms with Crippen LogP contribution in [0.15, 0.2) is 24.4 Å². The van der Waals surface area contributed by atoms with E-state index in [1.165, 1.54) is 0 Å². The van der Waals surface area contributed by atoms with Crippen LogP contribution in [-0.4, -0.2) is 64.4 Å². The van der Waals surface area contributed by atoms with E-state index in [2.05, 4.69) is 15.0 Å². The van der Waals surface area contributed by atoms with E-state index in [1.807, 2.05) is 17.9 Å². The quantitative estimate of drug-likeness (QED) is 0.168. The molecule has 0 saturated carbocycles. The molecule has 3 atom stereocenters. The van der Waals surface area contributed by atoms with E-state index < -0.39 is 63.5 Å². The summed E-state index contributed by atoms with van der Waals surface area (Å²) in [7, 11) is 0. The normalized spacial score (nSPS) is 20.7. The molecule has 17 heteroatoms. The van der Waals surface area contributed by atoms with E-state index in [0.29, 0.717) is 29.9 Å². The minimum atomic E-state index is -5.23. The highest BCUT2D eigenvalue weighted by Crippen LogP contribution is 2.54. The second kappa shape index (κ2) is 12.5. The number of hydrogen-bond donors (Lipinski definition) is 2. The predicted molar refractivity (Wildman–Crippen MR) is 188 cm³/mol. The summed E-state index contributed by atoms with van der Waals surface area (Å²) < 4.78 is 105. The fourth-order valence-electron chi connectivity index (χ4n) is 8.19. The summed E-state index contributed by atoms with van der Waals surface area (Å²) in [5.74, 6) is -2.95. The van der Waals surface area contributed by atoms with E-state index in [4.69, 9.17) is 20.9 Å². The maximum Gasteiger partial charge on any atom is 0.420 e. The average molecular weight is 755 g/mol. The molecule has 2 saturated heterocycles. The lowest BCUT2D eigenvalue weighted by Crippen LogP contribution is -2.43. The molecular weight excluding hydrogens is 723 g/mol. The Morgan fingerprint density at radius 1 is 1.19 bits per heavy atom. The number of nitrogens with zero attached hydrogens (tertiary/aromatic N) is 6. The first-order valence-corrected chi connectivity index (χ1v) is 17.7. The number of alkyl halides is 4. The van der Waals surface area contributed by atoms with Gasteiger partial charge in [0, 0.05) is 35.7 Å². The van der Waals surface area contributed by atoms with E-state index in [-0.39, 0.29) is 76.4 Å². The second-order valence-electron chi connectivity index (χ2n) is 13.8. The zero-order valence-corrected chi connectivity index (χ0v) is 29.3. The molecule has 5 aromatic rings. The lowest BCUT2D eigenvalue weighted by Gasteiger charge is -2.32. The van der Waals surface area contributed by atoms with Crippen LogP contribution < -0.4 is 25.8 Å². The maximum atomic E-state index is 17.4. The molecule has 0 spiro atoms. The number of hydrogen-bond acceptors (Lipinski definition) is 11. The van der Waals surface area contributed by atoms with Crippen molar-refractivity contribution >= 4 is 49.0 Å². The van der Waals surface area contributed by atoms with Gasteiger partial charge >= 0.3 is 12.2 Å². The third-order valence-electron chi connectivity index (χ3n) is 10.6. The zero-order valence-electron chi connectivity index (χ0n) is 28.5. The van der Waals surface area contributed by atoms with Crippen molar-refractivity contribution in [3.8, 4) is 29.0 Å². The van der Waals surface area contributed by atoms with Crippen molar-refractivity contribution in [3.05, 3.63) is 58.3 Å². The Morgan fingerprint density at radius 2 is 1.98 bits per heavy atom. The number of aromatic nitrogens is 3. The molecule has 3 aliphatic rings. The lowest BCUT2D eigenvalue weighted by atomic mass is 9.91. The topological polar surface area (TPSA) is 139 Å². The number of nitrogens with two attached hydrogens (primary N) is 2. The van der Waals surface area contributed by atoms with Crippen LogP contribution in [0.3, 0.4) is 0 Å². The highest BCUT2D eigenvalue weighted by atomic mass is 32.1. The van der Waals surface area contributed by atoms with Gasteiger partial charge in [0.25, 0.3) is 0 Å².